The predicted molar refractivity (Wildman–Crippen MR) is 71.1 cm³/mol. The molecule has 0 radical (unpaired) electrons. The Morgan fingerprint density at radius 1 is 1.31 bits per heavy atom. The third-order valence-electron chi connectivity index (χ3n) is 3.02. The van der Waals surface area contributed by atoms with E-state index in [0.29, 0.717) is 11.5 Å². The summed E-state index contributed by atoms with van der Waals surface area (Å²) in [5, 5.41) is 0. The predicted octanol–water partition coefficient (Wildman–Crippen LogP) is 4.01. The van der Waals surface area contributed by atoms with Crippen molar-refractivity contribution in [3.8, 4) is 0 Å². The molecule has 0 aliphatic heterocycles. The second-order valence-corrected chi connectivity index (χ2v) is 5.36. The molecule has 0 amide bonds. The molecular formula is C14H20OS. The molecule has 0 aliphatic carbocycles. The Morgan fingerprint density at radius 3 is 2.56 bits per heavy atom. The molecule has 0 saturated heterocycles. The Morgan fingerprint density at radius 2 is 2.00 bits per heavy atom. The van der Waals surface area contributed by atoms with Gasteiger partial charge in [-0.2, -0.15) is 0 Å². The minimum absolute atomic E-state index is 0.194. The number of carbonyl (C=O) groups excluding carboxylic acids is 1. The van der Waals surface area contributed by atoms with Crippen molar-refractivity contribution in [2.75, 3.05) is 5.75 Å². The number of carbonyl (C=O) groups is 1. The normalized spacial score (nSPS) is 12.5. The molecule has 1 aromatic carbocycles. The van der Waals surface area contributed by atoms with Gasteiger partial charge in [0, 0.05) is 10.8 Å². The standard InChI is InChI=1S/C14H20OS/c1-5-10(2)14(15)9-16-13-7-6-11(3)12(4)8-13/h6-8,10H,5,9H2,1-4H3. The van der Waals surface area contributed by atoms with E-state index in [-0.39, 0.29) is 5.92 Å². The lowest BCUT2D eigenvalue weighted by atomic mass is 10.1. The van der Waals surface area contributed by atoms with E-state index < -0.39 is 0 Å². The summed E-state index contributed by atoms with van der Waals surface area (Å²) in [5.74, 6) is 1.14. The fraction of sp³-hybridized carbons (Fsp3) is 0.500. The van der Waals surface area contributed by atoms with Gasteiger partial charge in [-0.1, -0.05) is 19.9 Å². The number of aryl methyl sites for hydroxylation is 2. The molecule has 88 valence electrons. The molecule has 16 heavy (non-hydrogen) atoms. The van der Waals surface area contributed by atoms with E-state index in [1.165, 1.54) is 16.0 Å². The SMILES string of the molecule is CCC(C)C(=O)CSc1ccc(C)c(C)c1. The highest BCUT2D eigenvalue weighted by molar-refractivity contribution is 8.00. The molecule has 0 bridgehead atoms. The second kappa shape index (κ2) is 6.09. The van der Waals surface area contributed by atoms with Crippen molar-refractivity contribution in [3.63, 3.8) is 0 Å². The summed E-state index contributed by atoms with van der Waals surface area (Å²) in [6.45, 7) is 8.27. The van der Waals surface area contributed by atoms with Crippen molar-refractivity contribution < 1.29 is 4.79 Å². The number of ketones is 1. The van der Waals surface area contributed by atoms with Gasteiger partial charge < -0.3 is 0 Å². The Labute approximate surface area is 103 Å². The first-order chi connectivity index (χ1) is 7.54. The zero-order valence-corrected chi connectivity index (χ0v) is 11.4. The minimum Gasteiger partial charge on any atom is -0.298 e. The van der Waals surface area contributed by atoms with Gasteiger partial charge in [0.1, 0.15) is 5.78 Å². The number of hydrogen-bond acceptors (Lipinski definition) is 2. The van der Waals surface area contributed by atoms with Gasteiger partial charge >= 0.3 is 0 Å². The van der Waals surface area contributed by atoms with Gasteiger partial charge in [0.25, 0.3) is 0 Å². The van der Waals surface area contributed by atoms with Crippen LogP contribution in [-0.4, -0.2) is 11.5 Å². The average molecular weight is 236 g/mol. The maximum Gasteiger partial charge on any atom is 0.145 e. The smallest absolute Gasteiger partial charge is 0.145 e. The van der Waals surface area contributed by atoms with Gasteiger partial charge in [-0.25, -0.2) is 0 Å². The van der Waals surface area contributed by atoms with Gasteiger partial charge in [0.15, 0.2) is 0 Å². The van der Waals surface area contributed by atoms with Gasteiger partial charge in [-0.15, -0.1) is 11.8 Å². The Bertz CT molecular complexity index is 371. The first-order valence-corrected chi connectivity index (χ1v) is 6.76. The van der Waals surface area contributed by atoms with Crippen LogP contribution in [0.25, 0.3) is 0 Å². The average Bonchev–Trinajstić information content (AvgIpc) is 2.29. The zero-order valence-electron chi connectivity index (χ0n) is 10.5. The van der Waals surface area contributed by atoms with Crippen LogP contribution >= 0.6 is 11.8 Å². The number of benzene rings is 1. The molecule has 1 rings (SSSR count). The first-order valence-electron chi connectivity index (χ1n) is 5.77. The molecule has 0 saturated carbocycles. The second-order valence-electron chi connectivity index (χ2n) is 4.31. The van der Waals surface area contributed by atoms with Crippen LogP contribution in [0.15, 0.2) is 23.1 Å². The highest BCUT2D eigenvalue weighted by atomic mass is 32.2. The lowest BCUT2D eigenvalue weighted by Gasteiger charge is -2.08. The summed E-state index contributed by atoms with van der Waals surface area (Å²) in [6.07, 6.45) is 0.937. The van der Waals surface area contributed by atoms with Crippen molar-refractivity contribution in [1.82, 2.24) is 0 Å². The Balaban J connectivity index is 2.55. The van der Waals surface area contributed by atoms with Crippen LogP contribution in [0.3, 0.4) is 0 Å². The number of rotatable bonds is 5. The van der Waals surface area contributed by atoms with Crippen molar-refractivity contribution in [2.24, 2.45) is 5.92 Å². The van der Waals surface area contributed by atoms with E-state index in [9.17, 15) is 4.79 Å². The van der Waals surface area contributed by atoms with E-state index in [1.807, 2.05) is 6.92 Å². The summed E-state index contributed by atoms with van der Waals surface area (Å²) >= 11 is 1.65. The van der Waals surface area contributed by atoms with Crippen molar-refractivity contribution >= 4 is 17.5 Å². The quantitative estimate of drug-likeness (QED) is 0.718. The van der Waals surface area contributed by atoms with Gasteiger partial charge in [0.2, 0.25) is 0 Å². The van der Waals surface area contributed by atoms with Crippen LogP contribution in [0.2, 0.25) is 0 Å². The van der Waals surface area contributed by atoms with E-state index in [1.54, 1.807) is 11.8 Å². The summed E-state index contributed by atoms with van der Waals surface area (Å²) in [4.78, 5) is 12.9. The maximum atomic E-state index is 11.7. The Kier molecular flexibility index (Phi) is 5.07. The third-order valence-corrected chi connectivity index (χ3v) is 4.04. The lowest BCUT2D eigenvalue weighted by Crippen LogP contribution is -2.12. The molecule has 1 nitrogen and oxygen atoms in total. The minimum atomic E-state index is 0.194. The number of thioether (sulfide) groups is 1. The molecule has 1 aromatic rings. The van der Waals surface area contributed by atoms with Crippen molar-refractivity contribution in [3.05, 3.63) is 29.3 Å². The van der Waals surface area contributed by atoms with Crippen LogP contribution in [0.4, 0.5) is 0 Å². The molecule has 0 N–H and O–H groups in total. The van der Waals surface area contributed by atoms with Crippen LogP contribution in [0.1, 0.15) is 31.4 Å². The molecular weight excluding hydrogens is 216 g/mol. The topological polar surface area (TPSA) is 17.1 Å². The highest BCUT2D eigenvalue weighted by Gasteiger charge is 2.10. The molecule has 0 fully saturated rings. The summed E-state index contributed by atoms with van der Waals surface area (Å²) in [7, 11) is 0. The molecule has 2 heteroatoms. The van der Waals surface area contributed by atoms with Crippen LogP contribution in [-0.2, 0) is 4.79 Å². The van der Waals surface area contributed by atoms with Gasteiger partial charge in [0.05, 0.1) is 5.75 Å². The van der Waals surface area contributed by atoms with E-state index in [4.69, 9.17) is 0 Å². The Hall–Kier alpha value is -0.760. The largest absolute Gasteiger partial charge is 0.298 e. The summed E-state index contributed by atoms with van der Waals surface area (Å²) < 4.78 is 0. The van der Waals surface area contributed by atoms with Crippen molar-refractivity contribution in [2.45, 2.75) is 39.0 Å². The molecule has 0 aromatic heterocycles. The van der Waals surface area contributed by atoms with E-state index >= 15 is 0 Å². The third kappa shape index (κ3) is 3.67. The highest BCUT2D eigenvalue weighted by Crippen LogP contribution is 2.22. The van der Waals surface area contributed by atoms with Crippen LogP contribution in [0.5, 0.6) is 0 Å². The van der Waals surface area contributed by atoms with Gasteiger partial charge in [-0.3, -0.25) is 4.79 Å². The number of Topliss-reactive ketones (excluding diaryl/α,β-unsaturated/α-hetero) is 1. The molecule has 1 unspecified atom stereocenters. The monoisotopic (exact) mass is 236 g/mol. The maximum absolute atomic E-state index is 11.7. The van der Waals surface area contributed by atoms with Crippen LogP contribution < -0.4 is 0 Å². The zero-order chi connectivity index (χ0) is 12.1. The van der Waals surface area contributed by atoms with E-state index in [2.05, 4.69) is 39.0 Å². The number of hydrogen-bond donors (Lipinski definition) is 0. The van der Waals surface area contributed by atoms with E-state index in [0.717, 1.165) is 6.42 Å². The fourth-order valence-electron chi connectivity index (χ4n) is 1.33. The molecule has 0 spiro atoms. The molecule has 0 aliphatic rings. The lowest BCUT2D eigenvalue weighted by molar-refractivity contribution is -0.119. The molecule has 0 heterocycles. The first kappa shape index (κ1) is 13.3. The summed E-state index contributed by atoms with van der Waals surface area (Å²) in [5.41, 5.74) is 2.60. The van der Waals surface area contributed by atoms with Gasteiger partial charge in [-0.05, 0) is 43.5 Å². The van der Waals surface area contributed by atoms with Crippen molar-refractivity contribution in [1.29, 1.82) is 0 Å². The fourth-order valence-corrected chi connectivity index (χ4v) is 2.35. The summed E-state index contributed by atoms with van der Waals surface area (Å²) in [6, 6.07) is 6.37. The molecule has 1 atom stereocenters. The van der Waals surface area contributed by atoms with Crippen LogP contribution in [0, 0.1) is 19.8 Å².